The minimum absolute atomic E-state index is 0.0824. The van der Waals surface area contributed by atoms with Crippen molar-refractivity contribution in [2.75, 3.05) is 6.54 Å². The van der Waals surface area contributed by atoms with Crippen molar-refractivity contribution in [3.63, 3.8) is 0 Å². The molecule has 2 aromatic heterocycles. The maximum atomic E-state index is 11.9. The summed E-state index contributed by atoms with van der Waals surface area (Å²) in [5, 5.41) is 11.9. The number of aromatic nitrogens is 2. The minimum Gasteiger partial charge on any atom is -0.489 e. The van der Waals surface area contributed by atoms with E-state index in [-0.39, 0.29) is 12.6 Å². The Hall–Kier alpha value is -4.20. The predicted molar refractivity (Wildman–Crippen MR) is 183 cm³/mol. The first-order valence-electron chi connectivity index (χ1n) is 15.9. The number of aromatic amines is 1. The number of hydrogen-bond acceptors (Lipinski definition) is 5. The molecule has 0 radical (unpaired) electrons. The topological polar surface area (TPSA) is 78.4 Å². The number of carboxylic acids is 1. The Morgan fingerprint density at radius 3 is 2.31 bits per heavy atom. The lowest BCUT2D eigenvalue weighted by Gasteiger charge is -2.29. The fourth-order valence-corrected chi connectivity index (χ4v) is 6.85. The van der Waals surface area contributed by atoms with Gasteiger partial charge in [-0.3, -0.25) is 9.69 Å². The molecule has 6 nitrogen and oxygen atoms in total. The summed E-state index contributed by atoms with van der Waals surface area (Å²) < 4.78 is 6.11. The van der Waals surface area contributed by atoms with Crippen molar-refractivity contribution in [1.82, 2.24) is 14.9 Å². The highest BCUT2D eigenvalue weighted by atomic mass is 32.1. The Morgan fingerprint density at radius 2 is 1.67 bits per heavy atom. The fraction of sp³-hybridized carbons (Fsp3) is 0.316. The summed E-state index contributed by atoms with van der Waals surface area (Å²) in [6, 6.07) is 29.2. The zero-order chi connectivity index (χ0) is 31.4. The van der Waals surface area contributed by atoms with E-state index in [9.17, 15) is 9.90 Å². The lowest BCUT2D eigenvalue weighted by Crippen LogP contribution is -2.35. The second kappa shape index (κ2) is 16.2. The first-order valence-corrected chi connectivity index (χ1v) is 16.8. The van der Waals surface area contributed by atoms with Crippen molar-refractivity contribution in [2.24, 2.45) is 0 Å². The molecule has 0 aliphatic rings. The number of benzene rings is 3. The SMILES string of the molecule is CCCC(CCC)c1ccc(OCc2ccc(-c3csc(CN(CC(=O)O)C(Cc4ccccc4)c4ncc[nH]4)c3)cc2)cc1. The number of rotatable bonds is 17. The van der Waals surface area contributed by atoms with Crippen molar-refractivity contribution >= 4 is 17.3 Å². The molecular formula is C38H43N3O3S. The van der Waals surface area contributed by atoms with Crippen LogP contribution in [-0.4, -0.2) is 32.5 Å². The summed E-state index contributed by atoms with van der Waals surface area (Å²) in [6.45, 7) is 5.45. The van der Waals surface area contributed by atoms with E-state index in [0.717, 1.165) is 38.7 Å². The second-order valence-corrected chi connectivity index (χ2v) is 12.6. The minimum atomic E-state index is -0.859. The maximum Gasteiger partial charge on any atom is 0.317 e. The van der Waals surface area contributed by atoms with Gasteiger partial charge in [-0.05, 0) is 76.6 Å². The predicted octanol–water partition coefficient (Wildman–Crippen LogP) is 9.27. The summed E-state index contributed by atoms with van der Waals surface area (Å²) in [6.07, 6.45) is 9.03. The lowest BCUT2D eigenvalue weighted by atomic mass is 9.90. The van der Waals surface area contributed by atoms with Crippen LogP contribution in [0.15, 0.2) is 103 Å². The molecule has 234 valence electrons. The van der Waals surface area contributed by atoms with E-state index in [1.165, 1.54) is 31.2 Å². The molecule has 0 spiro atoms. The van der Waals surface area contributed by atoms with E-state index in [1.54, 1.807) is 23.7 Å². The van der Waals surface area contributed by atoms with Gasteiger partial charge in [0.25, 0.3) is 0 Å². The third-order valence-electron chi connectivity index (χ3n) is 8.22. The summed E-state index contributed by atoms with van der Waals surface area (Å²) >= 11 is 1.65. The van der Waals surface area contributed by atoms with E-state index >= 15 is 0 Å². The quantitative estimate of drug-likeness (QED) is 0.108. The number of nitrogens with zero attached hydrogens (tertiary/aromatic N) is 2. The average molecular weight is 622 g/mol. The van der Waals surface area contributed by atoms with Crippen molar-refractivity contribution in [1.29, 1.82) is 0 Å². The number of thiophene rings is 1. The first-order chi connectivity index (χ1) is 22.0. The number of H-pyrrole nitrogens is 1. The highest BCUT2D eigenvalue weighted by molar-refractivity contribution is 7.10. The molecule has 2 heterocycles. The summed E-state index contributed by atoms with van der Waals surface area (Å²) in [5.41, 5.74) is 5.90. The number of carboxylic acid groups (broad SMARTS) is 1. The lowest BCUT2D eigenvalue weighted by molar-refractivity contribution is -0.139. The van der Waals surface area contributed by atoms with E-state index in [4.69, 9.17) is 4.74 Å². The van der Waals surface area contributed by atoms with Crippen molar-refractivity contribution < 1.29 is 14.6 Å². The molecule has 2 N–H and O–H groups in total. The molecule has 3 aromatic carbocycles. The molecule has 0 bridgehead atoms. The zero-order valence-electron chi connectivity index (χ0n) is 26.2. The van der Waals surface area contributed by atoms with Crippen LogP contribution in [0.25, 0.3) is 11.1 Å². The molecule has 7 heteroatoms. The Bertz CT molecular complexity index is 1580. The van der Waals surface area contributed by atoms with Crippen molar-refractivity contribution in [3.05, 3.63) is 130 Å². The molecule has 5 aromatic rings. The van der Waals surface area contributed by atoms with E-state index in [2.05, 4.69) is 95.9 Å². The largest absolute Gasteiger partial charge is 0.489 e. The molecule has 5 rings (SSSR count). The van der Waals surface area contributed by atoms with Crippen molar-refractivity contribution in [3.8, 4) is 16.9 Å². The number of imidazole rings is 1. The van der Waals surface area contributed by atoms with E-state index < -0.39 is 5.97 Å². The average Bonchev–Trinajstić information content (AvgIpc) is 3.76. The molecular weight excluding hydrogens is 579 g/mol. The number of ether oxygens (including phenoxy) is 1. The van der Waals surface area contributed by atoms with Crippen LogP contribution in [0.2, 0.25) is 0 Å². The van der Waals surface area contributed by atoms with Crippen LogP contribution in [0, 0.1) is 0 Å². The van der Waals surface area contributed by atoms with Gasteiger partial charge in [0.15, 0.2) is 0 Å². The molecule has 0 aliphatic carbocycles. The van der Waals surface area contributed by atoms with Crippen LogP contribution < -0.4 is 4.74 Å². The van der Waals surface area contributed by atoms with Gasteiger partial charge in [0.05, 0.1) is 12.6 Å². The smallest absolute Gasteiger partial charge is 0.317 e. The number of hydrogen-bond donors (Lipinski definition) is 2. The highest BCUT2D eigenvalue weighted by Gasteiger charge is 2.26. The number of nitrogens with one attached hydrogen (secondary N) is 1. The molecule has 0 amide bonds. The Labute approximate surface area is 270 Å². The van der Waals surface area contributed by atoms with Gasteiger partial charge in [0.2, 0.25) is 0 Å². The summed E-state index contributed by atoms with van der Waals surface area (Å²) in [4.78, 5) is 22.8. The highest BCUT2D eigenvalue weighted by Crippen LogP contribution is 2.31. The van der Waals surface area contributed by atoms with Crippen LogP contribution in [0.1, 0.15) is 78.9 Å². The monoisotopic (exact) mass is 621 g/mol. The Balaban J connectivity index is 1.23. The van der Waals surface area contributed by atoms with Gasteiger partial charge in [0, 0.05) is 23.8 Å². The molecule has 45 heavy (non-hydrogen) atoms. The molecule has 1 atom stereocenters. The Morgan fingerprint density at radius 1 is 0.933 bits per heavy atom. The van der Waals surface area contributed by atoms with E-state index in [1.807, 2.05) is 23.1 Å². The molecule has 0 saturated heterocycles. The van der Waals surface area contributed by atoms with Gasteiger partial charge in [0.1, 0.15) is 18.2 Å². The molecule has 0 fully saturated rings. The van der Waals surface area contributed by atoms with Crippen LogP contribution in [0.3, 0.4) is 0 Å². The van der Waals surface area contributed by atoms with Crippen LogP contribution >= 0.6 is 11.3 Å². The second-order valence-electron chi connectivity index (χ2n) is 11.6. The molecule has 1 unspecified atom stereocenters. The molecule has 0 saturated carbocycles. The normalized spacial score (nSPS) is 12.1. The van der Waals surface area contributed by atoms with Crippen LogP contribution in [0.5, 0.6) is 5.75 Å². The Kier molecular flexibility index (Phi) is 11.6. The van der Waals surface area contributed by atoms with Crippen molar-refractivity contribution in [2.45, 2.75) is 71.1 Å². The fourth-order valence-electron chi connectivity index (χ4n) is 5.93. The van der Waals surface area contributed by atoms with E-state index in [0.29, 0.717) is 25.5 Å². The third-order valence-corrected chi connectivity index (χ3v) is 9.14. The first kappa shape index (κ1) is 32.2. The van der Waals surface area contributed by atoms with Gasteiger partial charge in [-0.1, -0.05) is 93.4 Å². The summed E-state index contributed by atoms with van der Waals surface area (Å²) in [7, 11) is 0. The number of carbonyl (C=O) groups is 1. The molecule has 0 aliphatic heterocycles. The number of aliphatic carboxylic acids is 1. The zero-order valence-corrected chi connectivity index (χ0v) is 27.0. The van der Waals surface area contributed by atoms with Gasteiger partial charge in [-0.25, -0.2) is 4.98 Å². The van der Waals surface area contributed by atoms with Gasteiger partial charge in [-0.15, -0.1) is 11.3 Å². The third kappa shape index (κ3) is 9.16. The van der Waals surface area contributed by atoms with Gasteiger partial charge >= 0.3 is 5.97 Å². The van der Waals surface area contributed by atoms with Gasteiger partial charge < -0.3 is 14.8 Å². The van der Waals surface area contributed by atoms with Crippen LogP contribution in [-0.2, 0) is 24.4 Å². The maximum absolute atomic E-state index is 11.9. The standard InChI is InChI=1S/C38H43N3O3S/c1-3-8-30(9-4-2)31-16-18-34(19-17-31)44-26-29-12-14-32(15-13-29)33-23-35(45-27-33)24-41(25-37(42)43)36(38-39-20-21-40-38)22-28-10-6-5-7-11-28/h5-7,10-21,23,27,30,36H,3-4,8-9,22,24-26H2,1-2H3,(H,39,40)(H,42,43). The van der Waals surface area contributed by atoms with Gasteiger partial charge in [-0.2, -0.15) is 0 Å². The summed E-state index contributed by atoms with van der Waals surface area (Å²) in [5.74, 6) is 1.43. The van der Waals surface area contributed by atoms with Crippen LogP contribution in [0.4, 0.5) is 0 Å².